The van der Waals surface area contributed by atoms with Gasteiger partial charge in [-0.3, -0.25) is 0 Å². The predicted octanol–water partition coefficient (Wildman–Crippen LogP) is 3.71. The van der Waals surface area contributed by atoms with E-state index in [9.17, 15) is 0 Å². The molecule has 2 nitrogen and oxygen atoms in total. The highest BCUT2D eigenvalue weighted by molar-refractivity contribution is 6.88. The highest BCUT2D eigenvalue weighted by atomic mass is 28.3. The Balaban J connectivity index is 2.31. The Bertz CT molecular complexity index is 682. The van der Waals surface area contributed by atoms with Gasteiger partial charge in [-0.1, -0.05) is 67.3 Å². The number of hydrogen-bond donors (Lipinski definition) is 0. The second-order valence-corrected chi connectivity index (χ2v) is 11.7. The van der Waals surface area contributed by atoms with Crippen molar-refractivity contribution in [2.45, 2.75) is 25.4 Å². The second-order valence-electron chi connectivity index (χ2n) is 6.58. The first-order valence-electron chi connectivity index (χ1n) is 7.29. The van der Waals surface area contributed by atoms with Crippen molar-refractivity contribution in [2.24, 2.45) is 0 Å². The molecule has 0 radical (unpaired) electrons. The molecule has 0 spiro atoms. The van der Waals surface area contributed by atoms with E-state index in [2.05, 4.69) is 56.0 Å². The minimum absolute atomic E-state index is 0.776. The van der Waals surface area contributed by atoms with Gasteiger partial charge in [0.2, 0.25) is 5.79 Å². The summed E-state index contributed by atoms with van der Waals surface area (Å²) in [6.45, 7) is 7.08. The summed E-state index contributed by atoms with van der Waals surface area (Å²) in [5.41, 5.74) is 4.65. The molecule has 1 aliphatic rings. The van der Waals surface area contributed by atoms with E-state index in [0.717, 1.165) is 11.1 Å². The van der Waals surface area contributed by atoms with E-state index in [4.69, 9.17) is 9.47 Å². The Morgan fingerprint density at radius 3 is 2.05 bits per heavy atom. The molecule has 0 N–H and O–H groups in total. The third-order valence-corrected chi connectivity index (χ3v) is 6.43. The summed E-state index contributed by atoms with van der Waals surface area (Å²) in [4.78, 5) is 0. The standard InChI is InChI=1S/C18H22O2Si/c1-19-18(20-2)16-9-7-6-8-14(16)15-11-10-13(12-17(15)18)21(3,4)5/h6-12H,1-5H3. The van der Waals surface area contributed by atoms with Crippen LogP contribution in [-0.4, -0.2) is 22.3 Å². The molecule has 0 bridgehead atoms. The molecule has 21 heavy (non-hydrogen) atoms. The normalized spacial score (nSPS) is 15.7. The van der Waals surface area contributed by atoms with Gasteiger partial charge in [0.15, 0.2) is 0 Å². The Labute approximate surface area is 127 Å². The molecule has 2 aromatic carbocycles. The molecule has 2 aromatic rings. The number of rotatable bonds is 3. The van der Waals surface area contributed by atoms with E-state index in [1.54, 1.807) is 14.2 Å². The fourth-order valence-corrected chi connectivity index (χ4v) is 4.35. The quantitative estimate of drug-likeness (QED) is 0.635. The number of benzene rings is 2. The van der Waals surface area contributed by atoms with Crippen molar-refractivity contribution in [3.63, 3.8) is 0 Å². The van der Waals surface area contributed by atoms with Gasteiger partial charge in [-0.2, -0.15) is 0 Å². The van der Waals surface area contributed by atoms with Gasteiger partial charge in [-0.15, -0.1) is 0 Å². The van der Waals surface area contributed by atoms with Crippen LogP contribution in [0.15, 0.2) is 42.5 Å². The van der Waals surface area contributed by atoms with E-state index in [1.165, 1.54) is 16.3 Å². The predicted molar refractivity (Wildman–Crippen MR) is 89.7 cm³/mol. The third-order valence-electron chi connectivity index (χ3n) is 4.39. The fourth-order valence-electron chi connectivity index (χ4n) is 3.19. The molecule has 1 aliphatic carbocycles. The van der Waals surface area contributed by atoms with Gasteiger partial charge in [-0.05, 0) is 11.1 Å². The van der Waals surface area contributed by atoms with Gasteiger partial charge >= 0.3 is 0 Å². The Morgan fingerprint density at radius 1 is 0.810 bits per heavy atom. The Kier molecular flexibility index (Phi) is 3.32. The first-order chi connectivity index (χ1) is 9.94. The molecule has 0 aromatic heterocycles. The highest BCUT2D eigenvalue weighted by Crippen LogP contribution is 2.49. The van der Waals surface area contributed by atoms with Gasteiger partial charge in [0.1, 0.15) is 0 Å². The molecule has 3 rings (SSSR count). The minimum Gasteiger partial charge on any atom is -0.346 e. The van der Waals surface area contributed by atoms with Crippen LogP contribution >= 0.6 is 0 Å². The van der Waals surface area contributed by atoms with E-state index in [0.29, 0.717) is 0 Å². The zero-order valence-electron chi connectivity index (χ0n) is 13.4. The van der Waals surface area contributed by atoms with Crippen LogP contribution in [0.1, 0.15) is 11.1 Å². The second kappa shape index (κ2) is 4.80. The largest absolute Gasteiger partial charge is 0.346 e. The number of fused-ring (bicyclic) bond motifs is 3. The van der Waals surface area contributed by atoms with Crippen molar-refractivity contribution >= 4 is 13.3 Å². The smallest absolute Gasteiger partial charge is 0.223 e. The van der Waals surface area contributed by atoms with Crippen LogP contribution in [0.25, 0.3) is 11.1 Å². The lowest BCUT2D eigenvalue weighted by molar-refractivity contribution is -0.180. The van der Waals surface area contributed by atoms with Crippen molar-refractivity contribution in [1.82, 2.24) is 0 Å². The van der Waals surface area contributed by atoms with Gasteiger partial charge in [-0.25, -0.2) is 0 Å². The fraction of sp³-hybridized carbons (Fsp3) is 0.333. The van der Waals surface area contributed by atoms with Crippen molar-refractivity contribution in [3.05, 3.63) is 53.6 Å². The lowest BCUT2D eigenvalue weighted by Crippen LogP contribution is -2.39. The summed E-state index contributed by atoms with van der Waals surface area (Å²) in [5, 5.41) is 1.42. The van der Waals surface area contributed by atoms with Crippen molar-refractivity contribution in [1.29, 1.82) is 0 Å². The number of ether oxygens (including phenoxy) is 2. The monoisotopic (exact) mass is 298 g/mol. The van der Waals surface area contributed by atoms with Crippen LogP contribution in [0.3, 0.4) is 0 Å². The van der Waals surface area contributed by atoms with Crippen LogP contribution < -0.4 is 5.19 Å². The summed E-state index contributed by atoms with van der Waals surface area (Å²) >= 11 is 0. The van der Waals surface area contributed by atoms with Crippen molar-refractivity contribution < 1.29 is 9.47 Å². The molecule has 0 saturated heterocycles. The van der Waals surface area contributed by atoms with E-state index < -0.39 is 13.9 Å². The summed E-state index contributed by atoms with van der Waals surface area (Å²) < 4.78 is 11.7. The SMILES string of the molecule is COC1(OC)c2ccccc2-c2ccc([Si](C)(C)C)cc21. The minimum atomic E-state index is -1.38. The molecule has 0 aliphatic heterocycles. The molecule has 3 heteroatoms. The molecular formula is C18H22O2Si. The maximum atomic E-state index is 5.86. The van der Waals surface area contributed by atoms with E-state index >= 15 is 0 Å². The van der Waals surface area contributed by atoms with Crippen molar-refractivity contribution in [2.75, 3.05) is 14.2 Å². The zero-order chi connectivity index (χ0) is 15.3. The molecule has 0 unspecified atom stereocenters. The van der Waals surface area contributed by atoms with E-state index in [-0.39, 0.29) is 0 Å². The van der Waals surface area contributed by atoms with Gasteiger partial charge < -0.3 is 9.47 Å². The van der Waals surface area contributed by atoms with Gasteiger partial charge in [0.05, 0.1) is 8.07 Å². The molecule has 0 heterocycles. The number of hydrogen-bond acceptors (Lipinski definition) is 2. The first kappa shape index (κ1) is 14.5. The van der Waals surface area contributed by atoms with Gasteiger partial charge in [0.25, 0.3) is 0 Å². The molecule has 0 atom stereocenters. The summed E-state index contributed by atoms with van der Waals surface area (Å²) in [6.07, 6.45) is 0. The number of methoxy groups -OCH3 is 2. The molecular weight excluding hydrogens is 276 g/mol. The Hall–Kier alpha value is -1.42. The highest BCUT2D eigenvalue weighted by Gasteiger charge is 2.44. The molecule has 0 saturated carbocycles. The summed E-state index contributed by atoms with van der Waals surface area (Å²) in [7, 11) is 2.06. The maximum Gasteiger partial charge on any atom is 0.223 e. The van der Waals surface area contributed by atoms with E-state index in [1.807, 2.05) is 6.07 Å². The maximum absolute atomic E-state index is 5.86. The molecule has 0 fully saturated rings. The average molecular weight is 298 g/mol. The summed E-state index contributed by atoms with van der Waals surface area (Å²) in [5.74, 6) is -0.776. The van der Waals surface area contributed by atoms with Crippen LogP contribution in [0.2, 0.25) is 19.6 Å². The zero-order valence-corrected chi connectivity index (χ0v) is 14.4. The van der Waals surface area contributed by atoms with Crippen molar-refractivity contribution in [3.8, 4) is 11.1 Å². The summed E-state index contributed by atoms with van der Waals surface area (Å²) in [6, 6.07) is 15.1. The van der Waals surface area contributed by atoms with Crippen LogP contribution in [-0.2, 0) is 15.3 Å². The van der Waals surface area contributed by atoms with Crippen LogP contribution in [0.5, 0.6) is 0 Å². The lowest BCUT2D eigenvalue weighted by Gasteiger charge is -2.29. The lowest BCUT2D eigenvalue weighted by atomic mass is 10.0. The van der Waals surface area contributed by atoms with Gasteiger partial charge in [0, 0.05) is 25.3 Å². The topological polar surface area (TPSA) is 18.5 Å². The third kappa shape index (κ3) is 2.00. The first-order valence-corrected chi connectivity index (χ1v) is 10.8. The molecule has 0 amide bonds. The van der Waals surface area contributed by atoms with Crippen LogP contribution in [0, 0.1) is 0 Å². The van der Waals surface area contributed by atoms with Crippen LogP contribution in [0.4, 0.5) is 0 Å². The molecule has 110 valence electrons. The Morgan fingerprint density at radius 2 is 1.43 bits per heavy atom. The average Bonchev–Trinajstić information content (AvgIpc) is 2.76.